The maximum Gasteiger partial charge on any atom is 0.261 e. The smallest absolute Gasteiger partial charge is 0.261 e. The zero-order chi connectivity index (χ0) is 12.5. The first-order valence-corrected chi connectivity index (χ1v) is 6.92. The zero-order valence-electron chi connectivity index (χ0n) is 9.26. The van der Waals surface area contributed by atoms with Gasteiger partial charge in [-0.05, 0) is 52.0 Å². The predicted molar refractivity (Wildman–Crippen MR) is 76.7 cm³/mol. The van der Waals surface area contributed by atoms with E-state index in [4.69, 9.17) is 10.2 Å². The Morgan fingerprint density at radius 2 is 1.94 bits per heavy atom. The number of fused-ring (bicyclic) bond motifs is 1. The Kier molecular flexibility index (Phi) is 3.01. The Morgan fingerprint density at radius 1 is 1.11 bits per heavy atom. The van der Waals surface area contributed by atoms with Crippen molar-refractivity contribution in [3.05, 3.63) is 46.9 Å². The first-order chi connectivity index (χ1) is 8.74. The lowest BCUT2D eigenvalue weighted by Crippen LogP contribution is -1.84. The van der Waals surface area contributed by atoms with Gasteiger partial charge in [-0.15, -0.1) is 0 Å². The van der Waals surface area contributed by atoms with Gasteiger partial charge in [0.2, 0.25) is 0 Å². The van der Waals surface area contributed by atoms with E-state index < -0.39 is 0 Å². The minimum absolute atomic E-state index is 0.592. The van der Waals surface area contributed by atoms with E-state index in [2.05, 4.69) is 20.9 Å². The highest BCUT2D eigenvalue weighted by molar-refractivity contribution is 9.10. The third kappa shape index (κ3) is 2.11. The summed E-state index contributed by atoms with van der Waals surface area (Å²) < 4.78 is 6.68. The molecule has 0 amide bonds. The number of nitrogens with zero attached hydrogens (tertiary/aromatic N) is 1. The highest BCUT2D eigenvalue weighted by Gasteiger charge is 2.10. The van der Waals surface area contributed by atoms with Crippen LogP contribution in [-0.2, 0) is 0 Å². The molecule has 0 radical (unpaired) electrons. The van der Waals surface area contributed by atoms with Crippen LogP contribution in [0.5, 0.6) is 0 Å². The SMILES string of the molecule is Nc1cccc2oc(Sc3ccccc3Br)nc12. The van der Waals surface area contributed by atoms with Gasteiger partial charge >= 0.3 is 0 Å². The summed E-state index contributed by atoms with van der Waals surface area (Å²) in [4.78, 5) is 5.46. The van der Waals surface area contributed by atoms with Gasteiger partial charge in [0, 0.05) is 9.37 Å². The number of anilines is 1. The lowest BCUT2D eigenvalue weighted by molar-refractivity contribution is 0.489. The summed E-state index contributed by atoms with van der Waals surface area (Å²) in [5.74, 6) is 0. The number of hydrogen-bond acceptors (Lipinski definition) is 4. The second-order valence-electron chi connectivity index (χ2n) is 3.71. The molecule has 0 aliphatic rings. The second-order valence-corrected chi connectivity index (χ2v) is 5.55. The fourth-order valence-electron chi connectivity index (χ4n) is 1.61. The molecule has 0 unspecified atom stereocenters. The molecule has 18 heavy (non-hydrogen) atoms. The molecule has 0 bridgehead atoms. The van der Waals surface area contributed by atoms with Crippen molar-refractivity contribution in [2.45, 2.75) is 10.1 Å². The van der Waals surface area contributed by atoms with Crippen LogP contribution < -0.4 is 5.73 Å². The van der Waals surface area contributed by atoms with Crippen LogP contribution in [0.15, 0.2) is 61.5 Å². The molecule has 90 valence electrons. The number of aromatic nitrogens is 1. The van der Waals surface area contributed by atoms with Crippen molar-refractivity contribution < 1.29 is 4.42 Å². The molecular formula is C13H9BrN2OS. The third-order valence-electron chi connectivity index (χ3n) is 2.46. The van der Waals surface area contributed by atoms with Gasteiger partial charge in [-0.3, -0.25) is 0 Å². The number of oxazole rings is 1. The summed E-state index contributed by atoms with van der Waals surface area (Å²) in [5.41, 5.74) is 7.91. The highest BCUT2D eigenvalue weighted by atomic mass is 79.9. The fourth-order valence-corrected chi connectivity index (χ4v) is 2.91. The van der Waals surface area contributed by atoms with E-state index in [-0.39, 0.29) is 0 Å². The van der Waals surface area contributed by atoms with Gasteiger partial charge in [-0.2, -0.15) is 0 Å². The summed E-state index contributed by atoms with van der Waals surface area (Å²) in [6.07, 6.45) is 0. The third-order valence-corrected chi connectivity index (χ3v) is 4.34. The van der Waals surface area contributed by atoms with Crippen LogP contribution in [0, 0.1) is 0 Å². The number of rotatable bonds is 2. The maximum atomic E-state index is 5.85. The van der Waals surface area contributed by atoms with E-state index in [1.165, 1.54) is 11.8 Å². The average Bonchev–Trinajstić information content (AvgIpc) is 2.76. The molecule has 0 aliphatic heterocycles. The molecule has 5 heteroatoms. The van der Waals surface area contributed by atoms with E-state index in [1.54, 1.807) is 0 Å². The Hall–Kier alpha value is -1.46. The van der Waals surface area contributed by atoms with Crippen molar-refractivity contribution in [2.75, 3.05) is 5.73 Å². The normalized spacial score (nSPS) is 10.9. The number of nitrogen functional groups attached to an aromatic ring is 1. The standard InChI is InChI=1S/C13H9BrN2OS/c14-8-4-1-2-7-11(8)18-13-16-12-9(15)5-3-6-10(12)17-13/h1-7H,15H2. The Bertz CT molecular complexity index is 711. The number of halogens is 1. The Balaban J connectivity index is 2.01. The number of nitrogens with two attached hydrogens (primary N) is 1. The van der Waals surface area contributed by atoms with Crippen molar-refractivity contribution in [3.8, 4) is 0 Å². The molecule has 0 spiro atoms. The summed E-state index contributed by atoms with van der Waals surface area (Å²) in [7, 11) is 0. The van der Waals surface area contributed by atoms with Crippen LogP contribution >= 0.6 is 27.7 Å². The molecule has 0 aliphatic carbocycles. The van der Waals surface area contributed by atoms with Gasteiger partial charge < -0.3 is 10.2 Å². The molecule has 2 aromatic carbocycles. The molecule has 2 N–H and O–H groups in total. The first-order valence-electron chi connectivity index (χ1n) is 5.31. The summed E-state index contributed by atoms with van der Waals surface area (Å²) in [6.45, 7) is 0. The molecule has 1 heterocycles. The zero-order valence-corrected chi connectivity index (χ0v) is 11.7. The Labute approximate surface area is 117 Å². The van der Waals surface area contributed by atoms with Gasteiger partial charge in [0.1, 0.15) is 5.52 Å². The van der Waals surface area contributed by atoms with E-state index in [0.717, 1.165) is 9.37 Å². The van der Waals surface area contributed by atoms with Crippen LogP contribution in [-0.4, -0.2) is 4.98 Å². The van der Waals surface area contributed by atoms with Gasteiger partial charge in [0.05, 0.1) is 5.69 Å². The molecule has 0 saturated heterocycles. The van der Waals surface area contributed by atoms with Crippen LogP contribution in [0.1, 0.15) is 0 Å². The lowest BCUT2D eigenvalue weighted by atomic mass is 10.3. The van der Waals surface area contributed by atoms with Crippen molar-refractivity contribution in [2.24, 2.45) is 0 Å². The van der Waals surface area contributed by atoms with E-state index in [0.29, 0.717) is 22.0 Å². The highest BCUT2D eigenvalue weighted by Crippen LogP contribution is 2.35. The number of hydrogen-bond donors (Lipinski definition) is 1. The molecular weight excluding hydrogens is 312 g/mol. The Morgan fingerprint density at radius 3 is 2.72 bits per heavy atom. The molecule has 3 nitrogen and oxygen atoms in total. The summed E-state index contributed by atoms with van der Waals surface area (Å²) in [5, 5.41) is 0.592. The predicted octanol–water partition coefficient (Wildman–Crippen LogP) is 4.32. The summed E-state index contributed by atoms with van der Waals surface area (Å²) in [6, 6.07) is 13.5. The molecule has 1 aromatic heterocycles. The van der Waals surface area contributed by atoms with Gasteiger partial charge in [0.25, 0.3) is 5.22 Å². The molecule has 3 rings (SSSR count). The van der Waals surface area contributed by atoms with Gasteiger partial charge in [-0.25, -0.2) is 4.98 Å². The van der Waals surface area contributed by atoms with E-state index in [9.17, 15) is 0 Å². The fraction of sp³-hybridized carbons (Fsp3) is 0. The average molecular weight is 321 g/mol. The molecule has 0 saturated carbocycles. The lowest BCUT2D eigenvalue weighted by Gasteiger charge is -1.98. The first kappa shape index (κ1) is 11.6. The van der Waals surface area contributed by atoms with Crippen molar-refractivity contribution in [1.82, 2.24) is 4.98 Å². The molecule has 0 atom stereocenters. The monoisotopic (exact) mass is 320 g/mol. The molecule has 0 fully saturated rings. The molecule has 3 aromatic rings. The summed E-state index contributed by atoms with van der Waals surface area (Å²) >= 11 is 4.97. The van der Waals surface area contributed by atoms with Gasteiger partial charge in [-0.1, -0.05) is 18.2 Å². The van der Waals surface area contributed by atoms with Crippen LogP contribution in [0.2, 0.25) is 0 Å². The van der Waals surface area contributed by atoms with E-state index in [1.807, 2.05) is 42.5 Å². The number of para-hydroxylation sites is 1. The minimum Gasteiger partial charge on any atom is -0.431 e. The van der Waals surface area contributed by atoms with Crippen LogP contribution in [0.3, 0.4) is 0 Å². The van der Waals surface area contributed by atoms with Crippen molar-refractivity contribution >= 4 is 44.5 Å². The largest absolute Gasteiger partial charge is 0.431 e. The second kappa shape index (κ2) is 4.66. The quantitative estimate of drug-likeness (QED) is 0.714. The topological polar surface area (TPSA) is 52.0 Å². The van der Waals surface area contributed by atoms with E-state index >= 15 is 0 Å². The van der Waals surface area contributed by atoms with Crippen molar-refractivity contribution in [3.63, 3.8) is 0 Å². The van der Waals surface area contributed by atoms with Gasteiger partial charge in [0.15, 0.2) is 5.58 Å². The van der Waals surface area contributed by atoms with Crippen molar-refractivity contribution in [1.29, 1.82) is 0 Å². The van der Waals surface area contributed by atoms with Crippen LogP contribution in [0.25, 0.3) is 11.1 Å². The van der Waals surface area contributed by atoms with Crippen LogP contribution in [0.4, 0.5) is 5.69 Å². The minimum atomic E-state index is 0.592. The maximum absolute atomic E-state index is 5.85. The number of benzene rings is 2.